The van der Waals surface area contributed by atoms with E-state index < -0.39 is 61.0 Å². The minimum atomic E-state index is -2.97. The molecule has 6 heterocycles. The Hall–Kier alpha value is -8.00. The van der Waals surface area contributed by atoms with E-state index in [4.69, 9.17) is 29.4 Å². The number of aromatic nitrogens is 8. The van der Waals surface area contributed by atoms with Gasteiger partial charge in [0, 0.05) is 36.3 Å². The average Bonchev–Trinajstić information content (AvgIpc) is 4.08. The zero-order valence-electron chi connectivity index (χ0n) is 40.1. The Morgan fingerprint density at radius 1 is 0.707 bits per heavy atom. The molecular formula is C50H51BrF4N14O6. The van der Waals surface area contributed by atoms with Crippen LogP contribution in [0.15, 0.2) is 79.0 Å². The van der Waals surface area contributed by atoms with Gasteiger partial charge in [0.25, 0.3) is 11.8 Å². The maximum Gasteiger partial charge on any atom is 0.345 e. The second-order valence-electron chi connectivity index (χ2n) is 18.0. The number of carbonyl (C=O) groups is 4. The van der Waals surface area contributed by atoms with E-state index in [1.165, 1.54) is 37.5 Å². The molecule has 2 saturated carbocycles. The number of alkyl halides is 4. The van der Waals surface area contributed by atoms with Crippen LogP contribution >= 0.6 is 15.9 Å². The number of primary amides is 2. The molecule has 2 saturated heterocycles. The van der Waals surface area contributed by atoms with E-state index >= 15 is 0 Å². The number of amides is 4. The number of hydrogen-bond acceptors (Lipinski definition) is 12. The topological polar surface area (TPSA) is 269 Å². The third-order valence-electron chi connectivity index (χ3n) is 13.1. The summed E-state index contributed by atoms with van der Waals surface area (Å²) in [7, 11) is 0. The highest BCUT2D eigenvalue weighted by atomic mass is 79.9. The number of terminal acetylenes is 1. The van der Waals surface area contributed by atoms with Crippen molar-refractivity contribution in [1.82, 2.24) is 48.5 Å². The fraction of sp³-hybridized carbons (Fsp3) is 0.360. The van der Waals surface area contributed by atoms with Crippen LogP contribution in [0.2, 0.25) is 0 Å². The maximum absolute atomic E-state index is 12.6. The predicted molar refractivity (Wildman–Crippen MR) is 271 cm³/mol. The first-order valence-electron chi connectivity index (χ1n) is 23.5. The summed E-state index contributed by atoms with van der Waals surface area (Å²) in [6.45, 7) is 0.521. The van der Waals surface area contributed by atoms with Crippen molar-refractivity contribution in [3.8, 4) is 24.2 Å². The summed E-state index contributed by atoms with van der Waals surface area (Å²) in [4.78, 5) is 59.4. The number of benzene rings is 2. The lowest BCUT2D eigenvalue weighted by Crippen LogP contribution is -2.37. The van der Waals surface area contributed by atoms with Gasteiger partial charge in [-0.15, -0.1) is 6.42 Å². The molecule has 4 fully saturated rings. The molecule has 20 nitrogen and oxygen atoms in total. The van der Waals surface area contributed by atoms with Gasteiger partial charge in [0.05, 0.1) is 72.1 Å². The van der Waals surface area contributed by atoms with E-state index in [0.717, 1.165) is 47.1 Å². The van der Waals surface area contributed by atoms with Gasteiger partial charge >= 0.3 is 13.2 Å². The number of nitrogen functional groups attached to an aromatic ring is 2. The van der Waals surface area contributed by atoms with Gasteiger partial charge in [-0.2, -0.15) is 27.8 Å². The lowest BCUT2D eigenvalue weighted by atomic mass is 10.1. The first-order valence-corrected chi connectivity index (χ1v) is 24.3. The molecule has 0 spiro atoms. The van der Waals surface area contributed by atoms with Gasteiger partial charge in [0.2, 0.25) is 11.8 Å². The molecular weight excluding hydrogens is 1050 g/mol. The van der Waals surface area contributed by atoms with Gasteiger partial charge < -0.3 is 51.3 Å². The quantitative estimate of drug-likeness (QED) is 0.0602. The van der Waals surface area contributed by atoms with Crippen LogP contribution in [-0.4, -0.2) is 124 Å². The molecule has 2 aliphatic carbocycles. The normalized spacial score (nSPS) is 19.0. The Kier molecular flexibility index (Phi) is 16.1. The van der Waals surface area contributed by atoms with Crippen LogP contribution in [0.25, 0.3) is 22.1 Å². The first-order chi connectivity index (χ1) is 35.9. The highest BCUT2D eigenvalue weighted by Crippen LogP contribution is 2.39. The van der Waals surface area contributed by atoms with E-state index in [-0.39, 0.29) is 72.2 Å². The smallest absolute Gasteiger partial charge is 0.345 e. The molecule has 2 aliphatic heterocycles. The molecule has 0 radical (unpaired) electrons. The Morgan fingerprint density at radius 2 is 1.16 bits per heavy atom. The molecule has 8 N–H and O–H groups in total. The number of ether oxygens (including phenoxy) is 2. The Labute approximate surface area is 434 Å². The Balaban J connectivity index is 0.000000167. The molecule has 0 unspecified atom stereocenters. The van der Waals surface area contributed by atoms with Gasteiger partial charge in [-0.3, -0.25) is 19.2 Å². The van der Waals surface area contributed by atoms with Gasteiger partial charge in [-0.25, -0.2) is 19.3 Å². The number of carbonyl (C=O) groups excluding carboxylic acids is 4. The number of anilines is 2. The largest absolute Gasteiger partial charge is 0.383 e. The molecule has 10 rings (SSSR count). The number of fused-ring (bicyclic) bond motifs is 2. The average molecular weight is 1100 g/mol. The summed E-state index contributed by atoms with van der Waals surface area (Å²) in [6, 6.07) is 10.7. The standard InChI is InChI=1S/C25H25F2N7O3.C13H16BrF2N5O3.C12H10N2/c1-2-21(35)32-11-16(10-17(32)12-37-25(26)27)34-23(28)22(24(29)36)18(31-34)7-3-14-4-8-20-19(9-14)30-13-33(20)15-5-6-15;1-2-8(22)20-4-6(3-7(20)5-24-13(15)16)21-11(17)9(12(18)23)10(14)19-21;1-2-9-3-6-12-11(7-9)13-8-14(12)10-4-5-10/h2,4,8-9,13,15-17,25H,1,5-6,10-12,28H2,(H2,29,36);2,6-7,13H,1,3-5,17H2,(H2,18,23);1,3,6-8,10H,4-5H2/t16-,17+;6-,7+;/m00./s1. The van der Waals surface area contributed by atoms with Crippen LogP contribution in [0.1, 0.15) is 100 Å². The van der Waals surface area contributed by atoms with Crippen molar-refractivity contribution < 1.29 is 46.2 Å². The van der Waals surface area contributed by atoms with Gasteiger partial charge in [0.15, 0.2) is 5.69 Å². The van der Waals surface area contributed by atoms with E-state index in [0.29, 0.717) is 17.6 Å². The number of halogens is 5. The highest BCUT2D eigenvalue weighted by Gasteiger charge is 2.40. The molecule has 4 atom stereocenters. The maximum atomic E-state index is 12.6. The number of nitrogens with two attached hydrogens (primary N) is 4. The molecule has 392 valence electrons. The van der Waals surface area contributed by atoms with Crippen molar-refractivity contribution in [1.29, 1.82) is 0 Å². The minimum Gasteiger partial charge on any atom is -0.383 e. The van der Waals surface area contributed by atoms with Crippen LogP contribution in [0, 0.1) is 24.2 Å². The lowest BCUT2D eigenvalue weighted by Gasteiger charge is -2.22. The van der Waals surface area contributed by atoms with Crippen LogP contribution in [0.4, 0.5) is 29.2 Å². The highest BCUT2D eigenvalue weighted by molar-refractivity contribution is 9.10. The molecule has 2 aromatic carbocycles. The van der Waals surface area contributed by atoms with E-state index in [2.05, 4.69) is 91.7 Å². The summed E-state index contributed by atoms with van der Waals surface area (Å²) in [5, 5.41) is 8.54. The SMILES string of the molecule is C#Cc1ccc2c(c1)ncn2C1CC1.C=CC(=O)N1C[C@@H](n2nc(Br)c(C(N)=O)c2N)C[C@@H]1COC(F)F.C=CC(=O)N1C[C@@H](n2nc(C#Cc3ccc4c(c3)ncn4C3CC3)c(C(N)=O)c2N)C[C@@H]1COC(F)F. The first kappa shape index (κ1) is 53.3. The van der Waals surface area contributed by atoms with Crippen molar-refractivity contribution in [2.45, 2.75) is 88.0 Å². The molecule has 4 aliphatic rings. The molecule has 4 aromatic heterocycles. The monoisotopic (exact) mass is 1100 g/mol. The third-order valence-corrected chi connectivity index (χ3v) is 13.6. The van der Waals surface area contributed by atoms with Crippen LogP contribution in [0.3, 0.4) is 0 Å². The third kappa shape index (κ3) is 11.9. The summed E-state index contributed by atoms with van der Waals surface area (Å²) in [5.74, 6) is 6.12. The van der Waals surface area contributed by atoms with Crippen molar-refractivity contribution in [2.75, 3.05) is 37.8 Å². The zero-order valence-corrected chi connectivity index (χ0v) is 41.7. The summed E-state index contributed by atoms with van der Waals surface area (Å²) in [6.07, 6.45) is 16.6. The second-order valence-corrected chi connectivity index (χ2v) is 18.8. The Morgan fingerprint density at radius 3 is 1.59 bits per heavy atom. The number of rotatable bonds is 14. The molecule has 75 heavy (non-hydrogen) atoms. The fourth-order valence-corrected chi connectivity index (χ4v) is 9.80. The second kappa shape index (κ2) is 22.6. The van der Waals surface area contributed by atoms with Crippen LogP contribution < -0.4 is 22.9 Å². The summed E-state index contributed by atoms with van der Waals surface area (Å²) in [5.41, 5.74) is 28.7. The van der Waals surface area contributed by atoms with Crippen molar-refractivity contribution in [3.63, 3.8) is 0 Å². The zero-order chi connectivity index (χ0) is 53.8. The minimum absolute atomic E-state index is 0.0122. The van der Waals surface area contributed by atoms with E-state index in [9.17, 15) is 36.7 Å². The van der Waals surface area contributed by atoms with Crippen molar-refractivity contribution in [3.05, 3.63) is 107 Å². The molecule has 0 bridgehead atoms. The van der Waals surface area contributed by atoms with Gasteiger partial charge in [-0.05, 0) is 109 Å². The van der Waals surface area contributed by atoms with Gasteiger partial charge in [-0.1, -0.05) is 25.0 Å². The number of nitrogens with zero attached hydrogens (tertiary/aromatic N) is 10. The molecule has 4 amide bonds. The van der Waals surface area contributed by atoms with Crippen LogP contribution in [-0.2, 0) is 19.1 Å². The number of imidazole rings is 2. The van der Waals surface area contributed by atoms with E-state index in [1.54, 1.807) is 0 Å². The summed E-state index contributed by atoms with van der Waals surface area (Å²) >= 11 is 3.10. The van der Waals surface area contributed by atoms with Crippen LogP contribution in [0.5, 0.6) is 0 Å². The molecule has 25 heteroatoms. The Bertz CT molecular complexity index is 3290. The van der Waals surface area contributed by atoms with Crippen molar-refractivity contribution >= 4 is 73.3 Å². The lowest BCUT2D eigenvalue weighted by molar-refractivity contribution is -0.146. The fourth-order valence-electron chi connectivity index (χ4n) is 9.23. The van der Waals surface area contributed by atoms with Gasteiger partial charge in [0.1, 0.15) is 27.4 Å². The van der Waals surface area contributed by atoms with E-state index in [1.807, 2.05) is 43.0 Å². The summed E-state index contributed by atoms with van der Waals surface area (Å²) < 4.78 is 65.9. The number of likely N-dealkylation sites (tertiary alicyclic amines) is 2. The molecule has 6 aromatic rings. The predicted octanol–water partition coefficient (Wildman–Crippen LogP) is 5.46. The number of hydrogen-bond donors (Lipinski definition) is 4. The van der Waals surface area contributed by atoms with Crippen molar-refractivity contribution in [2.24, 2.45) is 11.5 Å².